The Hall–Kier alpha value is -3.10. The Balaban J connectivity index is 4.35. The Morgan fingerprint density at radius 2 is 0.827 bits per heavy atom. The molecule has 2 N–H and O–H groups in total. The molecule has 1 amide bonds. The van der Waals surface area contributed by atoms with Gasteiger partial charge in [0.15, 0.2) is 0 Å². The third-order valence-corrected chi connectivity index (χ3v) is 13.8. The molecule has 0 aliphatic rings. The number of carbonyl (C=O) groups excluding carboxylic acids is 1. The number of nitrogens with one attached hydrogen (secondary N) is 1. The highest BCUT2D eigenvalue weighted by atomic mass is 31.2. The molecule has 0 saturated heterocycles. The number of amides is 1. The summed E-state index contributed by atoms with van der Waals surface area (Å²) in [5.74, 6) is -0.234. The van der Waals surface area contributed by atoms with E-state index in [1.54, 1.807) is 6.08 Å². The van der Waals surface area contributed by atoms with E-state index in [0.29, 0.717) is 17.4 Å². The highest BCUT2D eigenvalue weighted by Crippen LogP contribution is 2.38. The van der Waals surface area contributed by atoms with Crippen molar-refractivity contribution in [3.05, 3.63) is 122 Å². The Bertz CT molecular complexity index is 1630. The first kappa shape index (κ1) is 71.9. The van der Waals surface area contributed by atoms with Crippen LogP contribution in [0.15, 0.2) is 122 Å². The summed E-state index contributed by atoms with van der Waals surface area (Å²) >= 11 is 0. The minimum absolute atomic E-state index is 0.0201. The molecule has 0 aliphatic heterocycles. The quantitative estimate of drug-likeness (QED) is 0.0272. The normalized spacial score (nSPS) is 14.7. The molecule has 0 spiro atoms. The SMILES string of the molecule is CC/C=C\C/C=C\C/C=C\C/C=C\C/C=C\C/C=C\C/C=C\CCCCCCCC(=O)NC(COP(=O)([O-])OCC[N+](C)(C)C)C(O)/C=C/CC/C=C/CC/C=C/CCCCCCCCCCCCCCCCCC. The number of phosphoric ester groups is 1. The largest absolute Gasteiger partial charge is 0.756 e. The number of allylic oxidation sites excluding steroid dienone is 19. The number of carbonyl (C=O) groups is 1. The van der Waals surface area contributed by atoms with Gasteiger partial charge < -0.3 is 28.8 Å². The summed E-state index contributed by atoms with van der Waals surface area (Å²) in [6, 6.07) is -0.931. The standard InChI is InChI=1S/C66H115N2O6P/c1-6-8-10-12-14-16-18-20-22-24-26-28-30-32-34-36-38-40-42-44-46-48-50-52-54-56-58-60-66(70)67-64(63-74-75(71,72)73-62-61-68(3,4)5)65(69)59-57-55-53-51-49-47-45-43-41-39-37-35-33-31-29-27-25-23-21-19-17-15-13-11-9-7-2/h8,10,14,16,20,22,26,28,32,34,38,40-41,43-44,46,49,51,57,59,64-65,69H,6-7,9,11-13,15,17-19,21,23-25,27,29-31,33,35-37,39,42,45,47-48,50,52-56,58,60-63H2,1-5H3,(H-,67,70,71,72)/b10-8-,16-14-,22-20-,28-26-,34-32-,40-38-,43-41+,46-44-,51-49+,59-57+. The van der Waals surface area contributed by atoms with Gasteiger partial charge in [-0.25, -0.2) is 0 Å². The summed E-state index contributed by atoms with van der Waals surface area (Å²) in [7, 11) is 1.20. The molecule has 0 bridgehead atoms. The molecule has 0 aromatic rings. The first-order valence-electron chi connectivity index (χ1n) is 30.4. The van der Waals surface area contributed by atoms with Crippen LogP contribution in [0.5, 0.6) is 0 Å². The second-order valence-electron chi connectivity index (χ2n) is 21.3. The Labute approximate surface area is 463 Å². The maximum atomic E-state index is 13.0. The Morgan fingerprint density at radius 3 is 1.24 bits per heavy atom. The number of aliphatic hydroxyl groups is 1. The van der Waals surface area contributed by atoms with E-state index in [0.717, 1.165) is 109 Å². The van der Waals surface area contributed by atoms with E-state index in [9.17, 15) is 19.4 Å². The van der Waals surface area contributed by atoms with E-state index in [1.807, 2.05) is 27.2 Å². The van der Waals surface area contributed by atoms with Crippen molar-refractivity contribution in [2.24, 2.45) is 0 Å². The molecule has 0 saturated carbocycles. The zero-order valence-corrected chi connectivity index (χ0v) is 49.8. The molecule has 0 radical (unpaired) electrons. The van der Waals surface area contributed by atoms with Gasteiger partial charge in [0.25, 0.3) is 7.82 Å². The number of hydrogen-bond donors (Lipinski definition) is 2. The molecule has 9 heteroatoms. The number of likely N-dealkylation sites (N-methyl/N-ethyl adjacent to an activating group) is 1. The molecule has 0 heterocycles. The van der Waals surface area contributed by atoms with Gasteiger partial charge in [-0.1, -0.05) is 251 Å². The lowest BCUT2D eigenvalue weighted by Crippen LogP contribution is -2.45. The van der Waals surface area contributed by atoms with Crippen molar-refractivity contribution in [3.63, 3.8) is 0 Å². The lowest BCUT2D eigenvalue weighted by atomic mass is 10.0. The number of rotatable bonds is 54. The molecule has 75 heavy (non-hydrogen) atoms. The van der Waals surface area contributed by atoms with Gasteiger partial charge in [-0.15, -0.1) is 0 Å². The zero-order chi connectivity index (χ0) is 54.9. The molecule has 0 aromatic heterocycles. The monoisotopic (exact) mass is 1060 g/mol. The van der Waals surface area contributed by atoms with Gasteiger partial charge in [-0.3, -0.25) is 9.36 Å². The van der Waals surface area contributed by atoms with Crippen LogP contribution in [0, 0.1) is 0 Å². The van der Waals surface area contributed by atoms with E-state index in [4.69, 9.17) is 9.05 Å². The molecule has 0 aromatic carbocycles. The molecule has 8 nitrogen and oxygen atoms in total. The van der Waals surface area contributed by atoms with E-state index >= 15 is 0 Å². The van der Waals surface area contributed by atoms with Crippen LogP contribution in [0.25, 0.3) is 0 Å². The van der Waals surface area contributed by atoms with E-state index in [2.05, 4.69) is 129 Å². The third kappa shape index (κ3) is 58.4. The predicted octanol–water partition coefficient (Wildman–Crippen LogP) is 18.3. The molecule has 0 fully saturated rings. The number of nitrogens with zero attached hydrogens (tertiary/aromatic N) is 1. The van der Waals surface area contributed by atoms with Gasteiger partial charge in [-0.2, -0.15) is 0 Å². The van der Waals surface area contributed by atoms with Gasteiger partial charge >= 0.3 is 0 Å². The van der Waals surface area contributed by atoms with Crippen LogP contribution in [-0.2, 0) is 18.4 Å². The van der Waals surface area contributed by atoms with E-state index < -0.39 is 26.6 Å². The summed E-state index contributed by atoms with van der Waals surface area (Å²) in [5, 5.41) is 13.9. The van der Waals surface area contributed by atoms with Crippen molar-refractivity contribution in [2.75, 3.05) is 40.9 Å². The first-order valence-corrected chi connectivity index (χ1v) is 31.9. The minimum Gasteiger partial charge on any atom is -0.756 e. The molecule has 430 valence electrons. The summed E-state index contributed by atoms with van der Waals surface area (Å²) < 4.78 is 23.3. The summed E-state index contributed by atoms with van der Waals surface area (Å²) in [4.78, 5) is 25.5. The molecule has 0 aliphatic carbocycles. The average molecular weight is 1060 g/mol. The molecule has 3 unspecified atom stereocenters. The van der Waals surface area contributed by atoms with Crippen molar-refractivity contribution >= 4 is 13.7 Å². The van der Waals surface area contributed by atoms with Crippen molar-refractivity contribution < 1.29 is 32.9 Å². The van der Waals surface area contributed by atoms with Gasteiger partial charge in [0, 0.05) is 6.42 Å². The van der Waals surface area contributed by atoms with E-state index in [1.165, 1.54) is 109 Å². The van der Waals surface area contributed by atoms with Crippen LogP contribution in [0.1, 0.15) is 239 Å². The molecule has 3 atom stereocenters. The topological polar surface area (TPSA) is 108 Å². The third-order valence-electron chi connectivity index (χ3n) is 12.9. The zero-order valence-electron chi connectivity index (χ0n) is 49.0. The lowest BCUT2D eigenvalue weighted by molar-refractivity contribution is -0.870. The fourth-order valence-electron chi connectivity index (χ4n) is 8.16. The van der Waals surface area contributed by atoms with Crippen molar-refractivity contribution in [1.82, 2.24) is 5.32 Å². The maximum absolute atomic E-state index is 13.0. The Kier molecular flexibility index (Phi) is 53.3. The summed E-state index contributed by atoms with van der Waals surface area (Å²) in [5.41, 5.74) is 0. The lowest BCUT2D eigenvalue weighted by Gasteiger charge is -2.29. The highest BCUT2D eigenvalue weighted by molar-refractivity contribution is 7.45. The number of hydrogen-bond acceptors (Lipinski definition) is 6. The average Bonchev–Trinajstić information content (AvgIpc) is 3.37. The van der Waals surface area contributed by atoms with Crippen LogP contribution in [0.2, 0.25) is 0 Å². The Morgan fingerprint density at radius 1 is 0.480 bits per heavy atom. The fourth-order valence-corrected chi connectivity index (χ4v) is 8.89. The van der Waals surface area contributed by atoms with Crippen molar-refractivity contribution in [3.8, 4) is 0 Å². The van der Waals surface area contributed by atoms with Crippen LogP contribution in [0.4, 0.5) is 0 Å². The number of unbranched alkanes of at least 4 members (excludes halogenated alkanes) is 23. The van der Waals surface area contributed by atoms with Gasteiger partial charge in [-0.05, 0) is 103 Å². The second-order valence-corrected chi connectivity index (χ2v) is 22.7. The fraction of sp³-hybridized carbons (Fsp3) is 0.682. The number of quaternary nitrogens is 1. The first-order chi connectivity index (χ1) is 36.5. The molecular formula is C66H115N2O6P. The number of aliphatic hydroxyl groups excluding tert-OH is 1. The van der Waals surface area contributed by atoms with Crippen LogP contribution < -0.4 is 10.2 Å². The smallest absolute Gasteiger partial charge is 0.268 e. The van der Waals surface area contributed by atoms with Crippen molar-refractivity contribution in [2.45, 2.75) is 251 Å². The summed E-state index contributed by atoms with van der Waals surface area (Å²) in [6.07, 6.45) is 82.9. The molecule has 0 rings (SSSR count). The van der Waals surface area contributed by atoms with E-state index in [-0.39, 0.29) is 12.5 Å². The van der Waals surface area contributed by atoms with Crippen LogP contribution in [0.3, 0.4) is 0 Å². The maximum Gasteiger partial charge on any atom is 0.268 e. The van der Waals surface area contributed by atoms with Gasteiger partial charge in [0.05, 0.1) is 39.9 Å². The second kappa shape index (κ2) is 55.6. The highest BCUT2D eigenvalue weighted by Gasteiger charge is 2.23. The minimum atomic E-state index is -4.63. The van der Waals surface area contributed by atoms with Crippen LogP contribution in [-0.4, -0.2) is 68.5 Å². The summed E-state index contributed by atoms with van der Waals surface area (Å²) in [6.45, 7) is 4.49. The van der Waals surface area contributed by atoms with Crippen molar-refractivity contribution in [1.29, 1.82) is 0 Å². The molecular weight excluding hydrogens is 948 g/mol. The predicted molar refractivity (Wildman–Crippen MR) is 325 cm³/mol. The van der Waals surface area contributed by atoms with Gasteiger partial charge in [0.2, 0.25) is 5.91 Å². The van der Waals surface area contributed by atoms with Gasteiger partial charge in [0.1, 0.15) is 13.2 Å². The number of phosphoric acid groups is 1. The van der Waals surface area contributed by atoms with Crippen LogP contribution >= 0.6 is 7.82 Å².